The molecular formula is C16H21NO3. The Labute approximate surface area is 119 Å². The number of carbonyl (C=O) groups is 1. The van der Waals surface area contributed by atoms with Crippen LogP contribution < -0.4 is 0 Å². The molecule has 2 rings (SSSR count). The van der Waals surface area contributed by atoms with Crippen molar-refractivity contribution in [3.8, 4) is 0 Å². The molecule has 1 unspecified atom stereocenters. The van der Waals surface area contributed by atoms with Crippen LogP contribution in [0.2, 0.25) is 0 Å². The van der Waals surface area contributed by atoms with Crippen LogP contribution >= 0.6 is 0 Å². The zero-order valence-electron chi connectivity index (χ0n) is 12.1. The molecule has 1 atom stereocenters. The number of rotatable bonds is 4. The highest BCUT2D eigenvalue weighted by Crippen LogP contribution is 2.41. The third-order valence-corrected chi connectivity index (χ3v) is 4.45. The molecule has 1 aromatic rings. The number of benzene rings is 1. The third kappa shape index (κ3) is 3.06. The van der Waals surface area contributed by atoms with E-state index in [-0.39, 0.29) is 29.2 Å². The molecule has 20 heavy (non-hydrogen) atoms. The van der Waals surface area contributed by atoms with Gasteiger partial charge < -0.3 is 0 Å². The molecule has 0 heterocycles. The number of para-hydroxylation sites is 1. The second-order valence-corrected chi connectivity index (χ2v) is 6.32. The van der Waals surface area contributed by atoms with Crippen molar-refractivity contribution < 1.29 is 9.72 Å². The van der Waals surface area contributed by atoms with Gasteiger partial charge in [-0.25, -0.2) is 0 Å². The maximum Gasteiger partial charge on any atom is 0.273 e. The van der Waals surface area contributed by atoms with E-state index in [1.807, 2.05) is 0 Å². The van der Waals surface area contributed by atoms with Crippen molar-refractivity contribution in [1.82, 2.24) is 0 Å². The van der Waals surface area contributed by atoms with Crippen LogP contribution in [-0.4, -0.2) is 10.7 Å². The highest BCUT2D eigenvalue weighted by molar-refractivity contribution is 5.85. The predicted molar refractivity (Wildman–Crippen MR) is 77.5 cm³/mol. The normalized spacial score (nSPS) is 21.4. The average molecular weight is 275 g/mol. The number of nitrogens with zero attached hydrogens (tertiary/aromatic N) is 1. The lowest BCUT2D eigenvalue weighted by Gasteiger charge is -2.37. The molecule has 0 bridgehead atoms. The first-order valence-electron chi connectivity index (χ1n) is 7.17. The van der Waals surface area contributed by atoms with E-state index in [0.717, 1.165) is 19.3 Å². The van der Waals surface area contributed by atoms with E-state index in [0.29, 0.717) is 5.56 Å². The molecular weight excluding hydrogens is 254 g/mol. The molecule has 0 aromatic heterocycles. The van der Waals surface area contributed by atoms with Crippen molar-refractivity contribution in [2.75, 3.05) is 0 Å². The lowest BCUT2D eigenvalue weighted by molar-refractivity contribution is -0.385. The summed E-state index contributed by atoms with van der Waals surface area (Å²) in [5, 5.41) is 11.0. The van der Waals surface area contributed by atoms with Crippen LogP contribution in [0.3, 0.4) is 0 Å². The van der Waals surface area contributed by atoms with Gasteiger partial charge in [0.15, 0.2) is 0 Å². The Hall–Kier alpha value is -1.71. The van der Waals surface area contributed by atoms with Gasteiger partial charge in [0.25, 0.3) is 5.69 Å². The first-order valence-corrected chi connectivity index (χ1v) is 7.17. The van der Waals surface area contributed by atoms with Gasteiger partial charge in [-0.1, -0.05) is 44.9 Å². The van der Waals surface area contributed by atoms with E-state index in [2.05, 4.69) is 13.8 Å². The van der Waals surface area contributed by atoms with Gasteiger partial charge in [0.1, 0.15) is 5.78 Å². The van der Waals surface area contributed by atoms with E-state index in [4.69, 9.17) is 0 Å². The van der Waals surface area contributed by atoms with Crippen molar-refractivity contribution in [3.63, 3.8) is 0 Å². The van der Waals surface area contributed by atoms with Gasteiger partial charge in [0, 0.05) is 24.0 Å². The Morgan fingerprint density at radius 2 is 2.05 bits per heavy atom. The number of nitro benzene ring substituents is 1. The Morgan fingerprint density at radius 3 is 2.70 bits per heavy atom. The summed E-state index contributed by atoms with van der Waals surface area (Å²) in [4.78, 5) is 23.1. The topological polar surface area (TPSA) is 60.2 Å². The maximum absolute atomic E-state index is 12.5. The minimum absolute atomic E-state index is 0.0128. The Morgan fingerprint density at radius 1 is 1.35 bits per heavy atom. The largest absolute Gasteiger partial charge is 0.299 e. The van der Waals surface area contributed by atoms with E-state index in [9.17, 15) is 14.9 Å². The molecule has 0 N–H and O–H groups in total. The lowest BCUT2D eigenvalue weighted by atomic mass is 9.66. The Kier molecular flexibility index (Phi) is 4.21. The van der Waals surface area contributed by atoms with Crippen molar-refractivity contribution >= 4 is 11.5 Å². The first kappa shape index (κ1) is 14.7. The molecule has 1 aromatic carbocycles. The van der Waals surface area contributed by atoms with E-state index < -0.39 is 4.92 Å². The molecule has 1 aliphatic rings. The van der Waals surface area contributed by atoms with Crippen LogP contribution in [0.15, 0.2) is 24.3 Å². The summed E-state index contributed by atoms with van der Waals surface area (Å²) >= 11 is 0. The van der Waals surface area contributed by atoms with Crippen molar-refractivity contribution in [3.05, 3.63) is 39.9 Å². The third-order valence-electron chi connectivity index (χ3n) is 4.45. The molecule has 0 aliphatic heterocycles. The van der Waals surface area contributed by atoms with Gasteiger partial charge in [-0.2, -0.15) is 0 Å². The summed E-state index contributed by atoms with van der Waals surface area (Å²) in [6, 6.07) is 6.54. The molecule has 0 radical (unpaired) electrons. The van der Waals surface area contributed by atoms with Crippen molar-refractivity contribution in [2.24, 2.45) is 11.3 Å². The van der Waals surface area contributed by atoms with E-state index >= 15 is 0 Å². The molecule has 1 saturated carbocycles. The molecule has 4 nitrogen and oxygen atoms in total. The van der Waals surface area contributed by atoms with Gasteiger partial charge in [0.05, 0.1) is 4.92 Å². The summed E-state index contributed by atoms with van der Waals surface area (Å²) in [6.45, 7) is 4.27. The number of hydrogen-bond acceptors (Lipinski definition) is 3. The van der Waals surface area contributed by atoms with E-state index in [1.165, 1.54) is 12.5 Å². The molecule has 108 valence electrons. The first-order chi connectivity index (χ1) is 9.42. The lowest BCUT2D eigenvalue weighted by Crippen LogP contribution is -2.35. The minimum atomic E-state index is -0.408. The number of Topliss-reactive ketones (excluding diaryl/α,β-unsaturated/α-hetero) is 1. The molecule has 1 aliphatic carbocycles. The number of nitro groups is 1. The van der Waals surface area contributed by atoms with Crippen LogP contribution in [-0.2, 0) is 11.2 Å². The predicted octanol–water partition coefficient (Wildman–Crippen LogP) is 3.92. The smallest absolute Gasteiger partial charge is 0.273 e. The van der Waals surface area contributed by atoms with Gasteiger partial charge >= 0.3 is 0 Å². The Bertz CT molecular complexity index is 522. The van der Waals surface area contributed by atoms with Crippen LogP contribution in [0.25, 0.3) is 0 Å². The molecule has 0 saturated heterocycles. The fraction of sp³-hybridized carbons (Fsp3) is 0.562. The highest BCUT2D eigenvalue weighted by Gasteiger charge is 2.37. The zero-order chi connectivity index (χ0) is 14.8. The van der Waals surface area contributed by atoms with Gasteiger partial charge in [0.2, 0.25) is 0 Å². The highest BCUT2D eigenvalue weighted by atomic mass is 16.6. The summed E-state index contributed by atoms with van der Waals surface area (Å²) in [5.74, 6) is 0.167. The second-order valence-electron chi connectivity index (χ2n) is 6.32. The SMILES string of the molecule is CC1(C)CCCCC1C(=O)Cc1ccccc1[N+](=O)[O-]. The molecule has 0 spiro atoms. The van der Waals surface area contributed by atoms with Gasteiger partial charge in [-0.3, -0.25) is 14.9 Å². The Balaban J connectivity index is 2.18. The number of hydrogen-bond donors (Lipinski definition) is 0. The summed E-state index contributed by atoms with van der Waals surface area (Å²) in [7, 11) is 0. The fourth-order valence-corrected chi connectivity index (χ4v) is 3.24. The van der Waals surface area contributed by atoms with Gasteiger partial charge in [-0.15, -0.1) is 0 Å². The number of carbonyl (C=O) groups excluding carboxylic acids is 1. The molecule has 0 amide bonds. The summed E-state index contributed by atoms with van der Waals surface area (Å²) in [6.07, 6.45) is 4.39. The van der Waals surface area contributed by atoms with Gasteiger partial charge in [-0.05, 0) is 18.3 Å². The van der Waals surface area contributed by atoms with Crippen LogP contribution in [0.1, 0.15) is 45.1 Å². The van der Waals surface area contributed by atoms with Crippen molar-refractivity contribution in [1.29, 1.82) is 0 Å². The zero-order valence-corrected chi connectivity index (χ0v) is 12.1. The summed E-state index contributed by atoms with van der Waals surface area (Å²) < 4.78 is 0. The van der Waals surface area contributed by atoms with Crippen LogP contribution in [0.5, 0.6) is 0 Å². The molecule has 4 heteroatoms. The minimum Gasteiger partial charge on any atom is -0.299 e. The second kappa shape index (κ2) is 5.73. The average Bonchev–Trinajstić information content (AvgIpc) is 2.38. The maximum atomic E-state index is 12.5. The van der Waals surface area contributed by atoms with E-state index in [1.54, 1.807) is 18.2 Å². The molecule has 1 fully saturated rings. The monoisotopic (exact) mass is 275 g/mol. The quantitative estimate of drug-likeness (QED) is 0.618. The standard InChI is InChI=1S/C16H21NO3/c1-16(2)10-6-5-8-13(16)15(18)11-12-7-3-4-9-14(12)17(19)20/h3-4,7,9,13H,5-6,8,10-11H2,1-2H3. The van der Waals surface area contributed by atoms with Crippen LogP contribution in [0, 0.1) is 21.4 Å². The number of ketones is 1. The summed E-state index contributed by atoms with van der Waals surface area (Å²) in [5.41, 5.74) is 0.595. The van der Waals surface area contributed by atoms with Crippen molar-refractivity contribution in [2.45, 2.75) is 46.0 Å². The van der Waals surface area contributed by atoms with Crippen LogP contribution in [0.4, 0.5) is 5.69 Å². The fourth-order valence-electron chi connectivity index (χ4n) is 3.24.